The monoisotopic (exact) mass is 228 g/mol. The van der Waals surface area contributed by atoms with Crippen LogP contribution < -0.4 is 10.1 Å². The molecule has 0 unspecified atom stereocenters. The number of ether oxygens (including phenoxy) is 1. The Morgan fingerprint density at radius 1 is 1.18 bits per heavy atom. The van der Waals surface area contributed by atoms with Crippen LogP contribution in [0.2, 0.25) is 0 Å². The standard InChI is InChI=1S/C13H12N2O2/c1-14-13(16)12-9-11(7-8-15-12)17-10-5-3-2-4-6-10/h2-9H,1H3,(H,14,16). The van der Waals surface area contributed by atoms with E-state index in [4.69, 9.17) is 4.74 Å². The van der Waals surface area contributed by atoms with E-state index in [2.05, 4.69) is 10.3 Å². The van der Waals surface area contributed by atoms with Gasteiger partial charge in [0.2, 0.25) is 0 Å². The van der Waals surface area contributed by atoms with Crippen LogP contribution in [0.5, 0.6) is 11.5 Å². The van der Waals surface area contributed by atoms with Crippen LogP contribution in [0.3, 0.4) is 0 Å². The van der Waals surface area contributed by atoms with Gasteiger partial charge in [-0.1, -0.05) is 18.2 Å². The number of amides is 1. The van der Waals surface area contributed by atoms with Crippen molar-refractivity contribution >= 4 is 5.91 Å². The Kier molecular flexibility index (Phi) is 3.35. The van der Waals surface area contributed by atoms with Crippen LogP contribution in [0.1, 0.15) is 10.5 Å². The number of hydrogen-bond donors (Lipinski definition) is 1. The van der Waals surface area contributed by atoms with Gasteiger partial charge in [-0.3, -0.25) is 9.78 Å². The molecule has 4 nitrogen and oxygen atoms in total. The summed E-state index contributed by atoms with van der Waals surface area (Å²) in [7, 11) is 1.56. The van der Waals surface area contributed by atoms with Gasteiger partial charge in [-0.05, 0) is 18.2 Å². The van der Waals surface area contributed by atoms with Gasteiger partial charge in [0.05, 0.1) is 0 Å². The van der Waals surface area contributed by atoms with Crippen molar-refractivity contribution in [3.8, 4) is 11.5 Å². The van der Waals surface area contributed by atoms with Crippen molar-refractivity contribution < 1.29 is 9.53 Å². The largest absolute Gasteiger partial charge is 0.457 e. The molecule has 2 aromatic rings. The van der Waals surface area contributed by atoms with Crippen molar-refractivity contribution in [3.63, 3.8) is 0 Å². The quantitative estimate of drug-likeness (QED) is 0.876. The summed E-state index contributed by atoms with van der Waals surface area (Å²) in [6, 6.07) is 12.7. The van der Waals surface area contributed by atoms with Crippen LogP contribution in [0, 0.1) is 0 Å². The van der Waals surface area contributed by atoms with Gasteiger partial charge >= 0.3 is 0 Å². The van der Waals surface area contributed by atoms with Gasteiger partial charge in [-0.25, -0.2) is 0 Å². The zero-order valence-corrected chi connectivity index (χ0v) is 9.38. The van der Waals surface area contributed by atoms with Crippen molar-refractivity contribution in [3.05, 3.63) is 54.4 Å². The normalized spacial score (nSPS) is 9.71. The van der Waals surface area contributed by atoms with E-state index in [-0.39, 0.29) is 5.91 Å². The maximum absolute atomic E-state index is 11.4. The Labute approximate surface area is 99.3 Å². The molecule has 1 N–H and O–H groups in total. The average molecular weight is 228 g/mol. The molecule has 17 heavy (non-hydrogen) atoms. The third-order valence-corrected chi connectivity index (χ3v) is 2.17. The van der Waals surface area contributed by atoms with Crippen LogP contribution in [-0.2, 0) is 0 Å². The van der Waals surface area contributed by atoms with E-state index in [9.17, 15) is 4.79 Å². The summed E-state index contributed by atoms with van der Waals surface area (Å²) < 4.78 is 5.59. The SMILES string of the molecule is CNC(=O)c1cc(Oc2ccccc2)ccn1. The van der Waals surface area contributed by atoms with Crippen LogP contribution in [-0.4, -0.2) is 17.9 Å². The van der Waals surface area contributed by atoms with Crippen molar-refractivity contribution in [2.75, 3.05) is 7.05 Å². The molecule has 0 spiro atoms. The first-order valence-electron chi connectivity index (χ1n) is 5.20. The summed E-state index contributed by atoms with van der Waals surface area (Å²) in [5, 5.41) is 2.52. The van der Waals surface area contributed by atoms with Crippen LogP contribution in [0.4, 0.5) is 0 Å². The van der Waals surface area contributed by atoms with Gasteiger partial charge < -0.3 is 10.1 Å². The molecule has 0 fully saturated rings. The molecule has 0 saturated carbocycles. The highest BCUT2D eigenvalue weighted by Gasteiger charge is 2.06. The summed E-state index contributed by atoms with van der Waals surface area (Å²) in [6.07, 6.45) is 1.54. The molecule has 1 heterocycles. The summed E-state index contributed by atoms with van der Waals surface area (Å²) in [5.74, 6) is 1.08. The molecule has 0 aliphatic carbocycles. The Balaban J connectivity index is 2.20. The number of aromatic nitrogens is 1. The van der Waals surface area contributed by atoms with E-state index in [1.54, 1.807) is 25.4 Å². The molecule has 0 radical (unpaired) electrons. The molecule has 86 valence electrons. The van der Waals surface area contributed by atoms with Crippen LogP contribution in [0.15, 0.2) is 48.7 Å². The fourth-order valence-electron chi connectivity index (χ4n) is 1.35. The lowest BCUT2D eigenvalue weighted by molar-refractivity contribution is 0.0958. The maximum atomic E-state index is 11.4. The number of pyridine rings is 1. The lowest BCUT2D eigenvalue weighted by Crippen LogP contribution is -2.18. The van der Waals surface area contributed by atoms with E-state index in [1.165, 1.54) is 0 Å². The van der Waals surface area contributed by atoms with Gasteiger partial charge in [-0.15, -0.1) is 0 Å². The average Bonchev–Trinajstić information content (AvgIpc) is 2.39. The minimum atomic E-state index is -0.233. The third kappa shape index (κ3) is 2.81. The minimum absolute atomic E-state index is 0.233. The zero-order chi connectivity index (χ0) is 12.1. The second-order valence-corrected chi connectivity index (χ2v) is 3.37. The molecule has 1 amide bonds. The Morgan fingerprint density at radius 3 is 2.65 bits per heavy atom. The molecule has 4 heteroatoms. The number of carbonyl (C=O) groups excluding carboxylic acids is 1. The number of nitrogens with one attached hydrogen (secondary N) is 1. The fraction of sp³-hybridized carbons (Fsp3) is 0.0769. The molecule has 0 aliphatic heterocycles. The van der Waals surface area contributed by atoms with E-state index in [0.29, 0.717) is 11.4 Å². The number of hydrogen-bond acceptors (Lipinski definition) is 3. The van der Waals surface area contributed by atoms with E-state index < -0.39 is 0 Å². The third-order valence-electron chi connectivity index (χ3n) is 2.17. The predicted octanol–water partition coefficient (Wildman–Crippen LogP) is 2.23. The number of rotatable bonds is 3. The molecule has 0 bridgehead atoms. The van der Waals surface area contributed by atoms with Crippen LogP contribution in [0.25, 0.3) is 0 Å². The van der Waals surface area contributed by atoms with Crippen molar-refractivity contribution in [2.45, 2.75) is 0 Å². The molecule has 0 atom stereocenters. The van der Waals surface area contributed by atoms with Gasteiger partial charge in [0.15, 0.2) is 0 Å². The summed E-state index contributed by atoms with van der Waals surface area (Å²) in [5.41, 5.74) is 0.334. The van der Waals surface area contributed by atoms with Crippen molar-refractivity contribution in [1.82, 2.24) is 10.3 Å². The number of para-hydroxylation sites is 1. The molecule has 0 aliphatic rings. The number of carbonyl (C=O) groups is 1. The smallest absolute Gasteiger partial charge is 0.269 e. The zero-order valence-electron chi connectivity index (χ0n) is 9.38. The van der Waals surface area contributed by atoms with Gasteiger partial charge in [0.1, 0.15) is 17.2 Å². The van der Waals surface area contributed by atoms with Gasteiger partial charge in [0.25, 0.3) is 5.91 Å². The second-order valence-electron chi connectivity index (χ2n) is 3.37. The highest BCUT2D eigenvalue weighted by Crippen LogP contribution is 2.20. The summed E-state index contributed by atoms with van der Waals surface area (Å²) in [6.45, 7) is 0. The first kappa shape index (κ1) is 11.1. The summed E-state index contributed by atoms with van der Waals surface area (Å²) in [4.78, 5) is 15.3. The predicted molar refractivity (Wildman–Crippen MR) is 64.1 cm³/mol. The van der Waals surface area contributed by atoms with Gasteiger partial charge in [-0.2, -0.15) is 0 Å². The molecule has 1 aromatic carbocycles. The number of benzene rings is 1. The second kappa shape index (κ2) is 5.12. The molecular weight excluding hydrogens is 216 g/mol. The first-order valence-corrected chi connectivity index (χ1v) is 5.20. The fourth-order valence-corrected chi connectivity index (χ4v) is 1.35. The highest BCUT2D eigenvalue weighted by molar-refractivity contribution is 5.92. The first-order chi connectivity index (χ1) is 8.29. The Hall–Kier alpha value is -2.36. The maximum Gasteiger partial charge on any atom is 0.269 e. The summed E-state index contributed by atoms with van der Waals surface area (Å²) >= 11 is 0. The van der Waals surface area contributed by atoms with Crippen molar-refractivity contribution in [1.29, 1.82) is 0 Å². The van der Waals surface area contributed by atoms with Crippen molar-refractivity contribution in [2.24, 2.45) is 0 Å². The molecule has 1 aromatic heterocycles. The van der Waals surface area contributed by atoms with Crippen LogP contribution >= 0.6 is 0 Å². The topological polar surface area (TPSA) is 51.2 Å². The van der Waals surface area contributed by atoms with E-state index in [1.807, 2.05) is 30.3 Å². The highest BCUT2D eigenvalue weighted by atomic mass is 16.5. The number of nitrogens with zero attached hydrogens (tertiary/aromatic N) is 1. The molecular formula is C13H12N2O2. The Bertz CT molecular complexity index is 512. The lowest BCUT2D eigenvalue weighted by atomic mass is 10.3. The Morgan fingerprint density at radius 2 is 1.94 bits per heavy atom. The van der Waals surface area contributed by atoms with E-state index in [0.717, 1.165) is 5.75 Å². The molecule has 2 rings (SSSR count). The molecule has 0 saturated heterocycles. The lowest BCUT2D eigenvalue weighted by Gasteiger charge is -2.06. The van der Waals surface area contributed by atoms with Gasteiger partial charge in [0, 0.05) is 19.3 Å². The van der Waals surface area contributed by atoms with E-state index >= 15 is 0 Å². The minimum Gasteiger partial charge on any atom is -0.457 e.